The zero-order valence-electron chi connectivity index (χ0n) is 10.7. The van der Waals surface area contributed by atoms with Crippen molar-refractivity contribution in [2.45, 2.75) is 31.8 Å². The van der Waals surface area contributed by atoms with Gasteiger partial charge in [-0.15, -0.1) is 0 Å². The third-order valence-corrected chi connectivity index (χ3v) is 3.73. The fraction of sp³-hybridized carbons (Fsp3) is 0.571. The summed E-state index contributed by atoms with van der Waals surface area (Å²) in [5, 5.41) is 12.7. The van der Waals surface area contributed by atoms with Gasteiger partial charge in [0, 0.05) is 25.2 Å². The molecule has 2 N–H and O–H groups in total. The molecule has 3 heteroatoms. The lowest BCUT2D eigenvalue weighted by Gasteiger charge is -2.27. The van der Waals surface area contributed by atoms with Crippen molar-refractivity contribution in [3.8, 4) is 5.75 Å². The molecule has 0 amide bonds. The number of nitrogens with one attached hydrogen (secondary N) is 1. The Morgan fingerprint density at radius 1 is 1.41 bits per heavy atom. The minimum atomic E-state index is 0.345. The highest BCUT2D eigenvalue weighted by Gasteiger charge is 2.27. The lowest BCUT2D eigenvalue weighted by Crippen LogP contribution is -2.31. The number of likely N-dealkylation sites (N-methyl/N-ethyl adjacent to an activating group) is 1. The molecule has 2 rings (SSSR count). The van der Waals surface area contributed by atoms with Crippen molar-refractivity contribution in [2.75, 3.05) is 20.1 Å². The molecule has 2 unspecified atom stereocenters. The number of phenols is 1. The summed E-state index contributed by atoms with van der Waals surface area (Å²) in [6.07, 6.45) is 2.34. The molecule has 1 aromatic rings. The largest absolute Gasteiger partial charge is 0.508 e. The van der Waals surface area contributed by atoms with Crippen LogP contribution in [0.4, 0.5) is 0 Å². The molecule has 1 heterocycles. The molecule has 94 valence electrons. The van der Waals surface area contributed by atoms with Crippen LogP contribution >= 0.6 is 0 Å². The van der Waals surface area contributed by atoms with Gasteiger partial charge < -0.3 is 10.4 Å². The number of aromatic hydroxyl groups is 1. The van der Waals surface area contributed by atoms with Crippen LogP contribution in [0.5, 0.6) is 5.75 Å². The summed E-state index contributed by atoms with van der Waals surface area (Å²) >= 11 is 0. The number of rotatable bonds is 4. The first-order chi connectivity index (χ1) is 8.24. The summed E-state index contributed by atoms with van der Waals surface area (Å²) in [6.45, 7) is 4.50. The highest BCUT2D eigenvalue weighted by molar-refractivity contribution is 5.28. The Hall–Kier alpha value is -1.06. The van der Waals surface area contributed by atoms with Crippen molar-refractivity contribution in [3.63, 3.8) is 0 Å². The quantitative estimate of drug-likeness (QED) is 0.838. The molecule has 1 fully saturated rings. The standard InChI is InChI=1S/C14H22N2O/c1-3-14(11-4-6-13(17)7-5-11)16-9-8-12(10-16)15-2/h4-7,12,14-15,17H,3,8-10H2,1-2H3. The summed E-state index contributed by atoms with van der Waals surface area (Å²) in [5.74, 6) is 0.345. The Morgan fingerprint density at radius 2 is 2.12 bits per heavy atom. The third kappa shape index (κ3) is 2.79. The maximum atomic E-state index is 9.33. The van der Waals surface area contributed by atoms with E-state index in [2.05, 4.69) is 17.1 Å². The van der Waals surface area contributed by atoms with Crippen LogP contribution in [-0.2, 0) is 0 Å². The molecule has 1 aliphatic rings. The SMILES string of the molecule is CCC(c1ccc(O)cc1)N1CCC(NC)C1. The molecule has 1 aliphatic heterocycles. The maximum Gasteiger partial charge on any atom is 0.115 e. The van der Waals surface area contributed by atoms with Gasteiger partial charge in [0.2, 0.25) is 0 Å². The Morgan fingerprint density at radius 3 is 2.65 bits per heavy atom. The predicted octanol–water partition coefficient (Wildman–Crippen LogP) is 2.14. The Balaban J connectivity index is 2.08. The van der Waals surface area contributed by atoms with Crippen LogP contribution in [0.15, 0.2) is 24.3 Å². The van der Waals surface area contributed by atoms with Crippen molar-refractivity contribution >= 4 is 0 Å². The Bertz CT molecular complexity index is 350. The highest BCUT2D eigenvalue weighted by Crippen LogP contribution is 2.28. The fourth-order valence-electron chi connectivity index (χ4n) is 2.71. The molecular formula is C14H22N2O. The van der Waals surface area contributed by atoms with Gasteiger partial charge in [-0.05, 0) is 37.6 Å². The zero-order chi connectivity index (χ0) is 12.3. The summed E-state index contributed by atoms with van der Waals surface area (Å²) < 4.78 is 0. The van der Waals surface area contributed by atoms with Gasteiger partial charge in [0.25, 0.3) is 0 Å². The summed E-state index contributed by atoms with van der Waals surface area (Å²) in [6, 6.07) is 8.75. The number of hydrogen-bond acceptors (Lipinski definition) is 3. The van der Waals surface area contributed by atoms with E-state index in [4.69, 9.17) is 0 Å². The van der Waals surface area contributed by atoms with Crippen LogP contribution in [0.1, 0.15) is 31.4 Å². The second kappa shape index (κ2) is 5.52. The van der Waals surface area contributed by atoms with Crippen LogP contribution in [-0.4, -0.2) is 36.2 Å². The lowest BCUT2D eigenvalue weighted by atomic mass is 10.0. The van der Waals surface area contributed by atoms with E-state index in [9.17, 15) is 5.11 Å². The molecule has 0 bridgehead atoms. The summed E-state index contributed by atoms with van der Waals surface area (Å²) in [4.78, 5) is 2.54. The van der Waals surface area contributed by atoms with Gasteiger partial charge >= 0.3 is 0 Å². The highest BCUT2D eigenvalue weighted by atomic mass is 16.3. The van der Waals surface area contributed by atoms with Crippen LogP contribution in [0.2, 0.25) is 0 Å². The van der Waals surface area contributed by atoms with Gasteiger partial charge in [0.1, 0.15) is 5.75 Å². The first-order valence-electron chi connectivity index (χ1n) is 6.44. The van der Waals surface area contributed by atoms with Crippen molar-refractivity contribution in [3.05, 3.63) is 29.8 Å². The topological polar surface area (TPSA) is 35.5 Å². The van der Waals surface area contributed by atoms with E-state index in [-0.39, 0.29) is 0 Å². The summed E-state index contributed by atoms with van der Waals surface area (Å²) in [5.41, 5.74) is 1.31. The van der Waals surface area contributed by atoms with E-state index in [1.807, 2.05) is 19.2 Å². The molecule has 1 saturated heterocycles. The monoisotopic (exact) mass is 234 g/mol. The number of benzene rings is 1. The van der Waals surface area contributed by atoms with E-state index in [1.54, 1.807) is 12.1 Å². The number of nitrogens with zero attached hydrogens (tertiary/aromatic N) is 1. The van der Waals surface area contributed by atoms with E-state index in [0.717, 1.165) is 19.5 Å². The predicted molar refractivity (Wildman–Crippen MR) is 70.2 cm³/mol. The third-order valence-electron chi connectivity index (χ3n) is 3.73. The molecule has 3 nitrogen and oxygen atoms in total. The van der Waals surface area contributed by atoms with Gasteiger partial charge in [-0.2, -0.15) is 0 Å². The van der Waals surface area contributed by atoms with Gasteiger partial charge in [0.15, 0.2) is 0 Å². The molecule has 0 spiro atoms. The normalized spacial score (nSPS) is 22.8. The second-order valence-electron chi connectivity index (χ2n) is 4.78. The Kier molecular flexibility index (Phi) is 4.02. The van der Waals surface area contributed by atoms with Gasteiger partial charge in [-0.25, -0.2) is 0 Å². The molecule has 0 radical (unpaired) electrons. The number of likely N-dealkylation sites (tertiary alicyclic amines) is 1. The smallest absolute Gasteiger partial charge is 0.115 e. The molecule has 0 aliphatic carbocycles. The van der Waals surface area contributed by atoms with E-state index < -0.39 is 0 Å². The van der Waals surface area contributed by atoms with Crippen LogP contribution in [0.3, 0.4) is 0 Å². The lowest BCUT2D eigenvalue weighted by molar-refractivity contribution is 0.234. The molecule has 0 aromatic heterocycles. The fourth-order valence-corrected chi connectivity index (χ4v) is 2.71. The van der Waals surface area contributed by atoms with Crippen LogP contribution in [0, 0.1) is 0 Å². The average molecular weight is 234 g/mol. The van der Waals surface area contributed by atoms with E-state index in [0.29, 0.717) is 17.8 Å². The van der Waals surface area contributed by atoms with Crippen molar-refractivity contribution in [2.24, 2.45) is 0 Å². The molecule has 1 aromatic carbocycles. The average Bonchev–Trinajstić information content (AvgIpc) is 2.81. The first kappa shape index (κ1) is 12.4. The minimum Gasteiger partial charge on any atom is -0.508 e. The molecule has 17 heavy (non-hydrogen) atoms. The first-order valence-corrected chi connectivity index (χ1v) is 6.44. The van der Waals surface area contributed by atoms with Crippen LogP contribution in [0.25, 0.3) is 0 Å². The number of hydrogen-bond donors (Lipinski definition) is 2. The van der Waals surface area contributed by atoms with Crippen molar-refractivity contribution < 1.29 is 5.11 Å². The van der Waals surface area contributed by atoms with Crippen LogP contribution < -0.4 is 5.32 Å². The maximum absolute atomic E-state index is 9.33. The van der Waals surface area contributed by atoms with Gasteiger partial charge in [0.05, 0.1) is 0 Å². The molecule has 2 atom stereocenters. The molecule has 0 saturated carbocycles. The minimum absolute atomic E-state index is 0.345. The van der Waals surface area contributed by atoms with Crippen molar-refractivity contribution in [1.29, 1.82) is 0 Å². The van der Waals surface area contributed by atoms with Gasteiger partial charge in [-0.3, -0.25) is 4.90 Å². The van der Waals surface area contributed by atoms with Gasteiger partial charge in [-0.1, -0.05) is 19.1 Å². The summed E-state index contributed by atoms with van der Waals surface area (Å²) in [7, 11) is 2.04. The number of phenolic OH excluding ortho intramolecular Hbond substituents is 1. The Labute approximate surface area is 103 Å². The van der Waals surface area contributed by atoms with Crippen molar-refractivity contribution in [1.82, 2.24) is 10.2 Å². The second-order valence-corrected chi connectivity index (χ2v) is 4.78. The molecular weight excluding hydrogens is 212 g/mol. The zero-order valence-corrected chi connectivity index (χ0v) is 10.7. The van der Waals surface area contributed by atoms with E-state index >= 15 is 0 Å². The van der Waals surface area contributed by atoms with E-state index in [1.165, 1.54) is 12.0 Å².